The topological polar surface area (TPSA) is 103 Å². The largest absolute Gasteiger partial charge is 0.389 e. The summed E-state index contributed by atoms with van der Waals surface area (Å²) in [5, 5.41) is 7.10. The smallest absolute Gasteiger partial charge is 0.279 e. The molecule has 1 aromatic carbocycles. The summed E-state index contributed by atoms with van der Waals surface area (Å²) in [5.74, 6) is -0.121. The molecule has 2 aromatic rings. The van der Waals surface area contributed by atoms with E-state index < -0.39 is 16.7 Å². The van der Waals surface area contributed by atoms with Crippen LogP contribution < -0.4 is 5.32 Å². The molecule has 0 spiro atoms. The minimum absolute atomic E-state index is 0.118. The molecule has 158 valence electrons. The summed E-state index contributed by atoms with van der Waals surface area (Å²) < 4.78 is 17.7. The van der Waals surface area contributed by atoms with E-state index in [2.05, 4.69) is 20.4 Å². The number of carbonyl (C=O) groups excluding carboxylic acids is 1. The van der Waals surface area contributed by atoms with Crippen molar-refractivity contribution in [3.8, 4) is 0 Å². The number of nitrogens with one attached hydrogen (secondary N) is 1. The van der Waals surface area contributed by atoms with Gasteiger partial charge >= 0.3 is 0 Å². The van der Waals surface area contributed by atoms with Gasteiger partial charge in [0, 0.05) is 22.1 Å². The van der Waals surface area contributed by atoms with Crippen LogP contribution in [0.1, 0.15) is 37.4 Å². The van der Waals surface area contributed by atoms with Crippen molar-refractivity contribution in [2.45, 2.75) is 48.9 Å². The molecule has 9 heteroatoms. The maximum absolute atomic E-state index is 12.9. The molecular formula is C21H24N4O4S. The van der Waals surface area contributed by atoms with Crippen LogP contribution in [0.2, 0.25) is 0 Å². The number of aromatic nitrogens is 2. The summed E-state index contributed by atoms with van der Waals surface area (Å²) in [6, 6.07) is 7.05. The highest BCUT2D eigenvalue weighted by molar-refractivity contribution is 7.86. The lowest BCUT2D eigenvalue weighted by Gasteiger charge is -2.11. The van der Waals surface area contributed by atoms with Crippen LogP contribution in [-0.4, -0.2) is 50.4 Å². The Morgan fingerprint density at radius 1 is 1.23 bits per heavy atom. The minimum Gasteiger partial charge on any atom is -0.389 e. The third kappa shape index (κ3) is 5.09. The van der Waals surface area contributed by atoms with Crippen LogP contribution in [0.25, 0.3) is 0 Å². The van der Waals surface area contributed by atoms with E-state index in [0.717, 1.165) is 36.3 Å². The van der Waals surface area contributed by atoms with Crippen molar-refractivity contribution in [1.29, 1.82) is 0 Å². The first-order chi connectivity index (χ1) is 14.6. The zero-order valence-corrected chi connectivity index (χ0v) is 17.6. The van der Waals surface area contributed by atoms with E-state index in [1.54, 1.807) is 30.5 Å². The van der Waals surface area contributed by atoms with Crippen molar-refractivity contribution in [1.82, 2.24) is 9.97 Å². The molecule has 1 unspecified atom stereocenters. The van der Waals surface area contributed by atoms with Crippen molar-refractivity contribution in [2.24, 2.45) is 5.16 Å². The number of amides is 1. The number of benzene rings is 1. The molecule has 2 heterocycles. The number of oxime groups is 1. The van der Waals surface area contributed by atoms with Gasteiger partial charge in [-0.1, -0.05) is 24.2 Å². The summed E-state index contributed by atoms with van der Waals surface area (Å²) in [5.41, 5.74) is 1.53. The van der Waals surface area contributed by atoms with Gasteiger partial charge in [0.25, 0.3) is 5.91 Å². The Hall–Kier alpha value is -2.65. The molecular weight excluding hydrogens is 404 g/mol. The second kappa shape index (κ2) is 9.44. The second-order valence-electron chi connectivity index (χ2n) is 7.25. The molecule has 1 aliphatic carbocycles. The van der Waals surface area contributed by atoms with Crippen LogP contribution >= 0.6 is 0 Å². The number of carbonyl (C=O) groups is 1. The van der Waals surface area contributed by atoms with E-state index in [0.29, 0.717) is 24.6 Å². The zero-order chi connectivity index (χ0) is 20.9. The molecule has 1 aliphatic heterocycles. The van der Waals surface area contributed by atoms with E-state index in [-0.39, 0.29) is 17.1 Å². The van der Waals surface area contributed by atoms with Gasteiger partial charge in [0.05, 0.1) is 42.1 Å². The van der Waals surface area contributed by atoms with Crippen LogP contribution in [0.15, 0.2) is 46.7 Å². The molecule has 4 rings (SSSR count). The average Bonchev–Trinajstić information content (AvgIpc) is 3.50. The maximum atomic E-state index is 12.9. The Balaban J connectivity index is 1.53. The molecule has 1 amide bonds. The fraction of sp³-hybridized carbons (Fsp3) is 0.429. The van der Waals surface area contributed by atoms with Gasteiger partial charge in [-0.25, -0.2) is 4.98 Å². The van der Waals surface area contributed by atoms with Crippen molar-refractivity contribution in [2.75, 3.05) is 18.5 Å². The van der Waals surface area contributed by atoms with E-state index in [1.165, 1.54) is 6.20 Å². The maximum Gasteiger partial charge on any atom is 0.279 e. The van der Waals surface area contributed by atoms with Gasteiger partial charge in [0.1, 0.15) is 0 Å². The Morgan fingerprint density at radius 2 is 2.03 bits per heavy atom. The first-order valence-electron chi connectivity index (χ1n) is 10.1. The Kier molecular flexibility index (Phi) is 6.49. The molecule has 1 aromatic heterocycles. The Bertz CT molecular complexity index is 936. The Morgan fingerprint density at radius 3 is 2.63 bits per heavy atom. The number of hydrogen-bond donors (Lipinski definition) is 1. The van der Waals surface area contributed by atoms with Gasteiger partial charge < -0.3 is 14.9 Å². The van der Waals surface area contributed by atoms with Crippen LogP contribution in [0, 0.1) is 0 Å². The van der Waals surface area contributed by atoms with Crippen molar-refractivity contribution in [3.63, 3.8) is 0 Å². The highest BCUT2D eigenvalue weighted by Crippen LogP contribution is 2.30. The summed E-state index contributed by atoms with van der Waals surface area (Å²) in [6.07, 6.45) is 6.44. The van der Waals surface area contributed by atoms with Gasteiger partial charge in [-0.15, -0.1) is 0 Å². The normalized spacial score (nSPS) is 20.0. The first-order valence-corrected chi connectivity index (χ1v) is 11.3. The summed E-state index contributed by atoms with van der Waals surface area (Å²) in [6.45, 7) is 3.04. The highest BCUT2D eigenvalue weighted by Gasteiger charge is 2.29. The quantitative estimate of drug-likeness (QED) is 0.512. The molecule has 1 saturated heterocycles. The fourth-order valence-corrected chi connectivity index (χ4v) is 4.30. The Labute approximate surface area is 177 Å². The van der Waals surface area contributed by atoms with E-state index in [1.807, 2.05) is 6.92 Å². The number of rotatable bonds is 8. The number of hydrogen-bond acceptors (Lipinski definition) is 7. The lowest BCUT2D eigenvalue weighted by Crippen LogP contribution is -2.26. The zero-order valence-electron chi connectivity index (χ0n) is 16.7. The van der Waals surface area contributed by atoms with E-state index >= 15 is 0 Å². The molecule has 1 saturated carbocycles. The van der Waals surface area contributed by atoms with Crippen molar-refractivity contribution in [3.05, 3.63) is 47.9 Å². The molecule has 0 bridgehead atoms. The predicted molar refractivity (Wildman–Crippen MR) is 113 cm³/mol. The lowest BCUT2D eigenvalue weighted by atomic mass is 10.1. The van der Waals surface area contributed by atoms with Gasteiger partial charge in [-0.3, -0.25) is 14.0 Å². The number of aryl methyl sites for hydroxylation is 1. The summed E-state index contributed by atoms with van der Waals surface area (Å²) in [7, 11) is -1.00. The van der Waals surface area contributed by atoms with E-state index in [4.69, 9.17) is 9.57 Å². The molecule has 30 heavy (non-hydrogen) atoms. The molecule has 0 radical (unpaired) electrons. The van der Waals surface area contributed by atoms with Crippen LogP contribution in [0.3, 0.4) is 0 Å². The van der Waals surface area contributed by atoms with Gasteiger partial charge in [0.15, 0.2) is 17.6 Å². The third-order valence-electron chi connectivity index (χ3n) is 4.89. The minimum atomic E-state index is -1.00. The number of nitrogens with zero attached hydrogens (tertiary/aromatic N) is 3. The molecule has 2 aliphatic rings. The molecule has 1 N–H and O–H groups in total. The lowest BCUT2D eigenvalue weighted by molar-refractivity contribution is -0.110. The number of ether oxygens (including phenoxy) is 1. The standard InChI is InChI=1S/C21H24N4O4S/c1-2-15-11-23-19(12-22-15)24-21(26)20(25-29-16-9-10-28-13-16)14-3-5-17(6-4-14)30(27)18-7-8-18/h3-6,11-12,16,18H,2,7-10,13H2,1H3,(H,23,24,26)/b25-20+/t16-,30?/m1/s1. The average molecular weight is 429 g/mol. The van der Waals surface area contributed by atoms with Crippen molar-refractivity contribution >= 4 is 28.2 Å². The van der Waals surface area contributed by atoms with Crippen LogP contribution in [0.5, 0.6) is 0 Å². The summed E-state index contributed by atoms with van der Waals surface area (Å²) in [4.78, 5) is 27.7. The fourth-order valence-electron chi connectivity index (χ4n) is 2.95. The predicted octanol–water partition coefficient (Wildman–Crippen LogP) is 2.46. The second-order valence-corrected chi connectivity index (χ2v) is 8.99. The van der Waals surface area contributed by atoms with Gasteiger partial charge in [-0.05, 0) is 31.4 Å². The highest BCUT2D eigenvalue weighted by atomic mass is 32.2. The number of anilines is 1. The summed E-state index contributed by atoms with van der Waals surface area (Å²) >= 11 is 0. The van der Waals surface area contributed by atoms with Gasteiger partial charge in [0.2, 0.25) is 0 Å². The third-order valence-corrected chi connectivity index (χ3v) is 6.71. The van der Waals surface area contributed by atoms with Crippen LogP contribution in [-0.2, 0) is 31.6 Å². The SMILES string of the molecule is CCc1cnc(NC(=O)/C(=N/O[C@@H]2CCOC2)c2ccc(S(=O)C3CC3)cc2)cn1. The monoisotopic (exact) mass is 428 g/mol. The van der Waals surface area contributed by atoms with E-state index in [9.17, 15) is 9.00 Å². The van der Waals surface area contributed by atoms with Crippen molar-refractivity contribution < 1.29 is 18.6 Å². The van der Waals surface area contributed by atoms with Crippen LogP contribution in [0.4, 0.5) is 5.82 Å². The molecule has 2 atom stereocenters. The first kappa shape index (κ1) is 20.6. The molecule has 8 nitrogen and oxygen atoms in total. The molecule has 2 fully saturated rings. The van der Waals surface area contributed by atoms with Gasteiger partial charge in [-0.2, -0.15) is 0 Å².